The molecule has 0 aliphatic carbocycles. The van der Waals surface area contributed by atoms with Gasteiger partial charge in [0.15, 0.2) is 0 Å². The molecule has 1 unspecified atom stereocenters. The van der Waals surface area contributed by atoms with Crippen LogP contribution in [0.5, 0.6) is 0 Å². The molecule has 128 valence electrons. The third kappa shape index (κ3) is 11.1. The predicted molar refractivity (Wildman–Crippen MR) is 87.2 cm³/mol. The first-order valence-electron chi connectivity index (χ1n) is 8.33. The van der Waals surface area contributed by atoms with Crippen molar-refractivity contribution in [1.82, 2.24) is 16.0 Å². The molecule has 0 saturated heterocycles. The van der Waals surface area contributed by atoms with Crippen molar-refractivity contribution in [2.24, 2.45) is 5.92 Å². The van der Waals surface area contributed by atoms with Crippen LogP contribution in [-0.2, 0) is 14.4 Å². The van der Waals surface area contributed by atoms with Crippen LogP contribution >= 0.6 is 0 Å². The summed E-state index contributed by atoms with van der Waals surface area (Å²) in [6.07, 6.45) is 5.05. The van der Waals surface area contributed by atoms with E-state index < -0.39 is 11.8 Å². The van der Waals surface area contributed by atoms with Crippen LogP contribution in [0.25, 0.3) is 0 Å². The van der Waals surface area contributed by atoms with Gasteiger partial charge in [0.25, 0.3) is 0 Å². The van der Waals surface area contributed by atoms with Gasteiger partial charge in [0, 0.05) is 26.1 Å². The van der Waals surface area contributed by atoms with Crippen molar-refractivity contribution in [1.29, 1.82) is 0 Å². The van der Waals surface area contributed by atoms with Crippen molar-refractivity contribution < 1.29 is 14.4 Å². The average molecular weight is 313 g/mol. The Balaban J connectivity index is 3.69. The Morgan fingerprint density at radius 1 is 0.864 bits per heavy atom. The molecule has 0 aromatic heterocycles. The fraction of sp³-hybridized carbons (Fsp3) is 0.812. The zero-order valence-electron chi connectivity index (χ0n) is 14.2. The first kappa shape index (κ1) is 20.4. The summed E-state index contributed by atoms with van der Waals surface area (Å²) in [5.41, 5.74) is 0. The van der Waals surface area contributed by atoms with Gasteiger partial charge >= 0.3 is 11.8 Å². The van der Waals surface area contributed by atoms with E-state index >= 15 is 0 Å². The topological polar surface area (TPSA) is 87.3 Å². The average Bonchev–Trinajstić information content (AvgIpc) is 2.50. The van der Waals surface area contributed by atoms with Gasteiger partial charge in [0.05, 0.1) is 0 Å². The molecule has 0 aliphatic rings. The van der Waals surface area contributed by atoms with Crippen LogP contribution in [-0.4, -0.2) is 37.4 Å². The van der Waals surface area contributed by atoms with E-state index in [2.05, 4.69) is 22.9 Å². The van der Waals surface area contributed by atoms with Crippen molar-refractivity contribution in [2.75, 3.05) is 19.6 Å². The van der Waals surface area contributed by atoms with Gasteiger partial charge in [0.1, 0.15) is 0 Å². The van der Waals surface area contributed by atoms with E-state index in [4.69, 9.17) is 0 Å². The highest BCUT2D eigenvalue weighted by atomic mass is 16.2. The minimum Gasteiger partial charge on any atom is -0.356 e. The highest BCUT2D eigenvalue weighted by molar-refractivity contribution is 6.35. The van der Waals surface area contributed by atoms with Gasteiger partial charge in [-0.1, -0.05) is 33.6 Å². The van der Waals surface area contributed by atoms with Gasteiger partial charge in [-0.15, -0.1) is 0 Å². The van der Waals surface area contributed by atoms with Crippen molar-refractivity contribution in [3.05, 3.63) is 0 Å². The quantitative estimate of drug-likeness (QED) is 0.397. The zero-order valence-corrected chi connectivity index (χ0v) is 14.2. The minimum absolute atomic E-state index is 0.0769. The molecule has 6 nitrogen and oxygen atoms in total. The summed E-state index contributed by atoms with van der Waals surface area (Å²) >= 11 is 0. The standard InChI is InChI=1S/C16H31N3O3/c1-4-6-8-14(20)19-12-13(3)9-11-18-16(22)15(21)17-10-7-5-2/h13H,4-12H2,1-3H3,(H,17,21)(H,18,22)(H,19,20). The van der Waals surface area contributed by atoms with Gasteiger partial charge in [-0.25, -0.2) is 0 Å². The zero-order chi connectivity index (χ0) is 16.8. The summed E-state index contributed by atoms with van der Waals surface area (Å²) in [5.74, 6) is -0.827. The van der Waals surface area contributed by atoms with Crippen molar-refractivity contribution in [3.63, 3.8) is 0 Å². The van der Waals surface area contributed by atoms with Crippen LogP contribution in [0.3, 0.4) is 0 Å². The lowest BCUT2D eigenvalue weighted by Crippen LogP contribution is -2.41. The Morgan fingerprint density at radius 2 is 1.45 bits per heavy atom. The first-order valence-corrected chi connectivity index (χ1v) is 8.33. The molecule has 0 fully saturated rings. The molecule has 22 heavy (non-hydrogen) atoms. The van der Waals surface area contributed by atoms with E-state index in [1.807, 2.05) is 13.8 Å². The van der Waals surface area contributed by atoms with Gasteiger partial charge in [-0.3, -0.25) is 14.4 Å². The molecule has 0 spiro atoms. The number of amides is 3. The molecule has 0 saturated carbocycles. The Kier molecular flexibility index (Phi) is 12.2. The lowest BCUT2D eigenvalue weighted by Gasteiger charge is -2.13. The van der Waals surface area contributed by atoms with Crippen molar-refractivity contribution >= 4 is 17.7 Å². The van der Waals surface area contributed by atoms with Crippen LogP contribution in [0.1, 0.15) is 59.3 Å². The summed E-state index contributed by atoms with van der Waals surface area (Å²) in [6.45, 7) is 7.65. The molecule has 3 N–H and O–H groups in total. The molecule has 0 aromatic rings. The molecule has 6 heteroatoms. The number of nitrogens with one attached hydrogen (secondary N) is 3. The second kappa shape index (κ2) is 13.1. The maximum atomic E-state index is 11.5. The van der Waals surface area contributed by atoms with E-state index in [-0.39, 0.29) is 11.8 Å². The molecule has 0 aliphatic heterocycles. The first-order chi connectivity index (χ1) is 10.5. The fourth-order valence-corrected chi connectivity index (χ4v) is 1.79. The highest BCUT2D eigenvalue weighted by Gasteiger charge is 2.12. The lowest BCUT2D eigenvalue weighted by molar-refractivity contribution is -0.139. The third-order valence-electron chi connectivity index (χ3n) is 3.35. The molecule has 0 aromatic carbocycles. The van der Waals surface area contributed by atoms with E-state index in [1.54, 1.807) is 0 Å². The number of unbranched alkanes of at least 4 members (excludes halogenated alkanes) is 2. The largest absolute Gasteiger partial charge is 0.356 e. The molecule has 0 radical (unpaired) electrons. The number of hydrogen-bond acceptors (Lipinski definition) is 3. The maximum Gasteiger partial charge on any atom is 0.309 e. The molecule has 0 rings (SSSR count). The number of carbonyl (C=O) groups excluding carboxylic acids is 3. The summed E-state index contributed by atoms with van der Waals surface area (Å²) in [6, 6.07) is 0. The maximum absolute atomic E-state index is 11.5. The van der Waals surface area contributed by atoms with E-state index in [9.17, 15) is 14.4 Å². The predicted octanol–water partition coefficient (Wildman–Crippen LogP) is 1.35. The Morgan fingerprint density at radius 3 is 2.05 bits per heavy atom. The molecule has 0 heterocycles. The summed E-state index contributed by atoms with van der Waals surface area (Å²) in [7, 11) is 0. The third-order valence-corrected chi connectivity index (χ3v) is 3.35. The van der Waals surface area contributed by atoms with Crippen LogP contribution in [0.15, 0.2) is 0 Å². The number of hydrogen-bond donors (Lipinski definition) is 3. The Labute approximate surface area is 133 Å². The van der Waals surface area contributed by atoms with E-state index in [0.717, 1.165) is 32.1 Å². The number of rotatable bonds is 11. The Bertz CT molecular complexity index is 346. The van der Waals surface area contributed by atoms with Crippen LogP contribution in [0.4, 0.5) is 0 Å². The summed E-state index contributed by atoms with van der Waals surface area (Å²) in [4.78, 5) is 34.4. The van der Waals surface area contributed by atoms with Crippen molar-refractivity contribution in [3.8, 4) is 0 Å². The fourth-order valence-electron chi connectivity index (χ4n) is 1.79. The van der Waals surface area contributed by atoms with Gasteiger partial charge < -0.3 is 16.0 Å². The molecular formula is C16H31N3O3. The van der Waals surface area contributed by atoms with Crippen LogP contribution in [0.2, 0.25) is 0 Å². The Hall–Kier alpha value is -1.59. The molecule has 1 atom stereocenters. The monoisotopic (exact) mass is 313 g/mol. The second-order valence-corrected chi connectivity index (χ2v) is 5.67. The molecule has 3 amide bonds. The van der Waals surface area contributed by atoms with E-state index in [1.165, 1.54) is 0 Å². The smallest absolute Gasteiger partial charge is 0.309 e. The van der Waals surface area contributed by atoms with Crippen LogP contribution in [0, 0.1) is 5.92 Å². The van der Waals surface area contributed by atoms with Crippen molar-refractivity contribution in [2.45, 2.75) is 59.3 Å². The number of carbonyl (C=O) groups is 3. The van der Waals surface area contributed by atoms with Gasteiger partial charge in [-0.2, -0.15) is 0 Å². The lowest BCUT2D eigenvalue weighted by atomic mass is 10.1. The second-order valence-electron chi connectivity index (χ2n) is 5.67. The van der Waals surface area contributed by atoms with Gasteiger partial charge in [-0.05, 0) is 25.2 Å². The van der Waals surface area contributed by atoms with Gasteiger partial charge in [0.2, 0.25) is 5.91 Å². The highest BCUT2D eigenvalue weighted by Crippen LogP contribution is 1.99. The van der Waals surface area contributed by atoms with Crippen LogP contribution < -0.4 is 16.0 Å². The van der Waals surface area contributed by atoms with E-state index in [0.29, 0.717) is 26.1 Å². The minimum atomic E-state index is -0.588. The molecule has 0 bridgehead atoms. The summed E-state index contributed by atoms with van der Waals surface area (Å²) in [5, 5.41) is 8.05. The summed E-state index contributed by atoms with van der Waals surface area (Å²) < 4.78 is 0. The molecular weight excluding hydrogens is 282 g/mol. The SMILES string of the molecule is CCCCNC(=O)C(=O)NCCC(C)CNC(=O)CCCC. The normalized spacial score (nSPS) is 11.6.